The SMILES string of the molecule is Cl.O=C(NCC(c1ccco1)N1CCCCC1)c1cccc(Cl)c1. The lowest BCUT2D eigenvalue weighted by atomic mass is 10.1. The number of amides is 1. The van der Waals surface area contributed by atoms with E-state index in [-0.39, 0.29) is 24.4 Å². The molecule has 1 aliphatic heterocycles. The Bertz CT molecular complexity index is 640. The van der Waals surface area contributed by atoms with Gasteiger partial charge in [0.1, 0.15) is 5.76 Å². The van der Waals surface area contributed by atoms with Gasteiger partial charge in [-0.3, -0.25) is 9.69 Å². The van der Waals surface area contributed by atoms with Gasteiger partial charge in [-0.05, 0) is 56.3 Å². The van der Waals surface area contributed by atoms with Crippen molar-refractivity contribution in [2.45, 2.75) is 25.3 Å². The third kappa shape index (κ3) is 4.76. The predicted molar refractivity (Wildman–Crippen MR) is 97.9 cm³/mol. The number of nitrogens with zero attached hydrogens (tertiary/aromatic N) is 1. The van der Waals surface area contributed by atoms with Gasteiger partial charge in [0.05, 0.1) is 12.3 Å². The van der Waals surface area contributed by atoms with Crippen molar-refractivity contribution in [2.75, 3.05) is 19.6 Å². The van der Waals surface area contributed by atoms with E-state index in [1.54, 1.807) is 30.5 Å². The van der Waals surface area contributed by atoms with Gasteiger partial charge in [0, 0.05) is 17.1 Å². The average Bonchev–Trinajstić information content (AvgIpc) is 3.10. The van der Waals surface area contributed by atoms with E-state index in [2.05, 4.69) is 10.2 Å². The van der Waals surface area contributed by atoms with Crippen LogP contribution in [0.1, 0.15) is 41.4 Å². The first-order valence-electron chi connectivity index (χ1n) is 8.05. The monoisotopic (exact) mass is 368 g/mol. The summed E-state index contributed by atoms with van der Waals surface area (Å²) in [6, 6.07) is 10.9. The minimum absolute atomic E-state index is 0. The van der Waals surface area contributed by atoms with Crippen LogP contribution in [-0.2, 0) is 0 Å². The van der Waals surface area contributed by atoms with Gasteiger partial charge in [-0.1, -0.05) is 24.1 Å². The first-order chi connectivity index (χ1) is 11.2. The summed E-state index contributed by atoms with van der Waals surface area (Å²) in [6.07, 6.45) is 5.35. The average molecular weight is 369 g/mol. The molecule has 1 N–H and O–H groups in total. The molecule has 4 nitrogen and oxygen atoms in total. The third-order valence-corrected chi connectivity index (χ3v) is 4.48. The summed E-state index contributed by atoms with van der Waals surface area (Å²) >= 11 is 5.95. The van der Waals surface area contributed by atoms with Crippen LogP contribution in [0, 0.1) is 0 Å². The fourth-order valence-electron chi connectivity index (χ4n) is 3.04. The highest BCUT2D eigenvalue weighted by atomic mass is 35.5. The van der Waals surface area contributed by atoms with Gasteiger partial charge in [-0.15, -0.1) is 12.4 Å². The van der Waals surface area contributed by atoms with Crippen LogP contribution in [0.25, 0.3) is 0 Å². The standard InChI is InChI=1S/C18H21ClN2O2.ClH/c19-15-7-4-6-14(12-15)18(22)20-13-16(17-8-5-11-23-17)21-9-2-1-3-10-21;/h4-8,11-12,16H,1-3,9-10,13H2,(H,20,22);1H. The van der Waals surface area contributed by atoms with Crippen LogP contribution in [0.15, 0.2) is 47.1 Å². The van der Waals surface area contributed by atoms with Gasteiger partial charge in [0.25, 0.3) is 5.91 Å². The molecule has 1 atom stereocenters. The number of furan rings is 1. The molecule has 6 heteroatoms. The Morgan fingerprint density at radius 2 is 2.00 bits per heavy atom. The van der Waals surface area contributed by atoms with Crippen LogP contribution >= 0.6 is 24.0 Å². The van der Waals surface area contributed by atoms with Gasteiger partial charge in [0.2, 0.25) is 0 Å². The maximum Gasteiger partial charge on any atom is 0.251 e. The Labute approximate surface area is 153 Å². The zero-order valence-corrected chi connectivity index (χ0v) is 15.0. The van der Waals surface area contributed by atoms with E-state index in [4.69, 9.17) is 16.0 Å². The number of likely N-dealkylation sites (tertiary alicyclic amines) is 1. The van der Waals surface area contributed by atoms with E-state index in [1.165, 1.54) is 19.3 Å². The fraction of sp³-hybridized carbons (Fsp3) is 0.389. The number of piperidine rings is 1. The predicted octanol–water partition coefficient (Wildman–Crippen LogP) is 4.31. The largest absolute Gasteiger partial charge is 0.468 e. The summed E-state index contributed by atoms with van der Waals surface area (Å²) in [6.45, 7) is 2.61. The second-order valence-corrected chi connectivity index (χ2v) is 6.28. The van der Waals surface area contributed by atoms with Crippen molar-refractivity contribution >= 4 is 29.9 Å². The van der Waals surface area contributed by atoms with Crippen LogP contribution in [0.5, 0.6) is 0 Å². The second-order valence-electron chi connectivity index (χ2n) is 5.85. The minimum Gasteiger partial charge on any atom is -0.468 e. The molecule has 3 rings (SSSR count). The number of hydrogen-bond donors (Lipinski definition) is 1. The van der Waals surface area contributed by atoms with E-state index in [0.717, 1.165) is 18.8 Å². The maximum absolute atomic E-state index is 12.3. The Morgan fingerprint density at radius 1 is 1.21 bits per heavy atom. The number of halogens is 2. The molecule has 24 heavy (non-hydrogen) atoms. The van der Waals surface area contributed by atoms with Crippen molar-refractivity contribution in [3.8, 4) is 0 Å². The lowest BCUT2D eigenvalue weighted by molar-refractivity contribution is 0.0914. The number of carbonyl (C=O) groups excluding carboxylic acids is 1. The summed E-state index contributed by atoms with van der Waals surface area (Å²) in [5.74, 6) is 0.791. The van der Waals surface area contributed by atoms with Crippen LogP contribution in [0.4, 0.5) is 0 Å². The molecule has 0 aliphatic carbocycles. The molecule has 0 spiro atoms. The van der Waals surface area contributed by atoms with E-state index in [1.807, 2.05) is 12.1 Å². The van der Waals surface area contributed by atoms with E-state index in [0.29, 0.717) is 17.1 Å². The van der Waals surface area contributed by atoms with Crippen molar-refractivity contribution in [3.05, 3.63) is 59.0 Å². The molecule has 1 fully saturated rings. The Balaban J connectivity index is 0.00000208. The molecule has 1 aliphatic rings. The van der Waals surface area contributed by atoms with Crippen molar-refractivity contribution in [2.24, 2.45) is 0 Å². The van der Waals surface area contributed by atoms with Crippen molar-refractivity contribution in [1.29, 1.82) is 0 Å². The van der Waals surface area contributed by atoms with Crippen LogP contribution in [-0.4, -0.2) is 30.4 Å². The number of hydrogen-bond acceptors (Lipinski definition) is 3. The molecule has 0 bridgehead atoms. The van der Waals surface area contributed by atoms with Crippen LogP contribution in [0.2, 0.25) is 5.02 Å². The Morgan fingerprint density at radius 3 is 2.67 bits per heavy atom. The molecule has 1 aromatic heterocycles. The van der Waals surface area contributed by atoms with Crippen molar-refractivity contribution in [3.63, 3.8) is 0 Å². The molecule has 0 saturated carbocycles. The lowest BCUT2D eigenvalue weighted by Crippen LogP contribution is -2.40. The first kappa shape index (κ1) is 18.8. The molecule has 2 heterocycles. The summed E-state index contributed by atoms with van der Waals surface area (Å²) in [5, 5.41) is 3.58. The molecule has 1 aromatic carbocycles. The van der Waals surface area contributed by atoms with E-state index in [9.17, 15) is 4.79 Å². The number of rotatable bonds is 5. The van der Waals surface area contributed by atoms with Crippen molar-refractivity contribution in [1.82, 2.24) is 10.2 Å². The maximum atomic E-state index is 12.3. The molecule has 1 amide bonds. The number of benzene rings is 1. The molecular weight excluding hydrogens is 347 g/mol. The van der Waals surface area contributed by atoms with Gasteiger partial charge in [0.15, 0.2) is 0 Å². The van der Waals surface area contributed by atoms with Gasteiger partial charge >= 0.3 is 0 Å². The highest BCUT2D eigenvalue weighted by molar-refractivity contribution is 6.30. The second kappa shape index (κ2) is 9.11. The first-order valence-corrected chi connectivity index (χ1v) is 8.43. The fourth-order valence-corrected chi connectivity index (χ4v) is 3.23. The minimum atomic E-state index is -0.110. The molecular formula is C18H22Cl2N2O2. The van der Waals surface area contributed by atoms with Crippen LogP contribution < -0.4 is 5.32 Å². The zero-order valence-electron chi connectivity index (χ0n) is 13.4. The zero-order chi connectivity index (χ0) is 16.1. The summed E-state index contributed by atoms with van der Waals surface area (Å²) in [7, 11) is 0. The highest BCUT2D eigenvalue weighted by Gasteiger charge is 2.25. The molecule has 2 aromatic rings. The normalized spacial score (nSPS) is 16.2. The van der Waals surface area contributed by atoms with Gasteiger partial charge in [-0.25, -0.2) is 0 Å². The van der Waals surface area contributed by atoms with E-state index >= 15 is 0 Å². The van der Waals surface area contributed by atoms with Gasteiger partial charge < -0.3 is 9.73 Å². The summed E-state index contributed by atoms with van der Waals surface area (Å²) < 4.78 is 5.59. The Kier molecular flexibility index (Phi) is 7.16. The van der Waals surface area contributed by atoms with Crippen LogP contribution in [0.3, 0.4) is 0 Å². The lowest BCUT2D eigenvalue weighted by Gasteiger charge is -2.33. The highest BCUT2D eigenvalue weighted by Crippen LogP contribution is 2.24. The molecule has 130 valence electrons. The molecule has 0 radical (unpaired) electrons. The topological polar surface area (TPSA) is 45.5 Å². The van der Waals surface area contributed by atoms with Crippen molar-refractivity contribution < 1.29 is 9.21 Å². The molecule has 1 unspecified atom stereocenters. The molecule has 1 saturated heterocycles. The quantitative estimate of drug-likeness (QED) is 0.854. The summed E-state index contributed by atoms with van der Waals surface area (Å²) in [5.41, 5.74) is 0.578. The third-order valence-electron chi connectivity index (χ3n) is 4.25. The van der Waals surface area contributed by atoms with E-state index < -0.39 is 0 Å². The number of nitrogens with one attached hydrogen (secondary N) is 1. The summed E-state index contributed by atoms with van der Waals surface area (Å²) in [4.78, 5) is 14.7. The number of carbonyl (C=O) groups is 1. The van der Waals surface area contributed by atoms with Gasteiger partial charge in [-0.2, -0.15) is 0 Å². The smallest absolute Gasteiger partial charge is 0.251 e. The Hall–Kier alpha value is -1.49.